The number of aryl methyl sites for hydroxylation is 1. The van der Waals surface area contributed by atoms with E-state index in [2.05, 4.69) is 41.4 Å². The molecule has 4 nitrogen and oxygen atoms in total. The van der Waals surface area contributed by atoms with Gasteiger partial charge in [-0.1, -0.05) is 50.1 Å². The molecule has 0 aliphatic carbocycles. The smallest absolute Gasteiger partial charge is 0.164 e. The Morgan fingerprint density at radius 3 is 2.65 bits per heavy atom. The molecule has 4 heteroatoms. The normalized spacial score (nSPS) is 11.8. The van der Waals surface area contributed by atoms with E-state index in [0.717, 1.165) is 24.1 Å². The Balaban J connectivity index is 2.08. The van der Waals surface area contributed by atoms with Crippen molar-refractivity contribution in [3.63, 3.8) is 0 Å². The lowest BCUT2D eigenvalue weighted by Crippen LogP contribution is -2.02. The first kappa shape index (κ1) is 14.4. The number of nitrogens with zero attached hydrogens (tertiary/aromatic N) is 4. The maximum Gasteiger partial charge on any atom is 0.204 e. The number of hydrogen-bond donors (Lipinski definition) is 0. The fourth-order valence-corrected chi connectivity index (χ4v) is 1.96. The zero-order valence-corrected chi connectivity index (χ0v) is 12.2. The summed E-state index contributed by atoms with van der Waals surface area (Å²) < 4.78 is 0. The molecule has 1 radical (unpaired) electrons. The van der Waals surface area contributed by atoms with Gasteiger partial charge in [0.1, 0.15) is 0 Å². The lowest BCUT2D eigenvalue weighted by atomic mass is 10.1. The first-order valence-corrected chi connectivity index (χ1v) is 7.09. The highest BCUT2D eigenvalue weighted by Gasteiger charge is 2.06. The van der Waals surface area contributed by atoms with Crippen molar-refractivity contribution < 1.29 is 0 Å². The van der Waals surface area contributed by atoms with Crippen LogP contribution in [0.4, 0.5) is 0 Å². The van der Waals surface area contributed by atoms with Crippen molar-refractivity contribution in [2.24, 2.45) is 0 Å². The third-order valence-electron chi connectivity index (χ3n) is 3.32. The minimum absolute atomic E-state index is 0.685. The summed E-state index contributed by atoms with van der Waals surface area (Å²) in [5.74, 6) is 0.685. The maximum absolute atomic E-state index is 4.41. The highest BCUT2D eigenvalue weighted by Crippen LogP contribution is 2.19. The van der Waals surface area contributed by atoms with E-state index in [9.17, 15) is 0 Å². The van der Waals surface area contributed by atoms with E-state index in [1.807, 2.05) is 25.1 Å². The average molecular weight is 269 g/mol. The van der Waals surface area contributed by atoms with E-state index < -0.39 is 0 Å². The lowest BCUT2D eigenvalue weighted by molar-refractivity contribution is 0.486. The molecule has 0 bridgehead atoms. The van der Waals surface area contributed by atoms with Crippen molar-refractivity contribution in [3.05, 3.63) is 42.8 Å². The topological polar surface area (TPSA) is 43.6 Å². The van der Waals surface area contributed by atoms with Crippen molar-refractivity contribution in [1.82, 2.24) is 20.2 Å². The Morgan fingerprint density at radius 1 is 1.25 bits per heavy atom. The third kappa shape index (κ3) is 3.53. The first-order chi connectivity index (χ1) is 9.74. The molecular formula is C16H21N4. The zero-order valence-electron chi connectivity index (χ0n) is 12.2. The summed E-state index contributed by atoms with van der Waals surface area (Å²) in [6, 6.07) is 8.17. The lowest BCUT2D eigenvalue weighted by Gasteiger charge is -2.01. The quantitative estimate of drug-likeness (QED) is 0.750. The van der Waals surface area contributed by atoms with Gasteiger partial charge in [0.15, 0.2) is 0 Å². The van der Waals surface area contributed by atoms with E-state index in [-0.39, 0.29) is 0 Å². The highest BCUT2D eigenvalue weighted by atomic mass is 15.6. The molecule has 0 aliphatic rings. The molecule has 0 atom stereocenters. The van der Waals surface area contributed by atoms with Gasteiger partial charge in [-0.05, 0) is 36.6 Å². The Morgan fingerprint density at radius 2 is 2.00 bits per heavy atom. The fourth-order valence-electron chi connectivity index (χ4n) is 1.96. The summed E-state index contributed by atoms with van der Waals surface area (Å²) in [6.45, 7) is 8.85. The number of allylic oxidation sites excluding steroid dienone is 2. The number of tetrazole rings is 1. The van der Waals surface area contributed by atoms with Crippen molar-refractivity contribution in [3.8, 4) is 11.4 Å². The minimum atomic E-state index is 0.685. The standard InChI is InChI=1S/C16H21N4/c1-4-6-7-12-20-18-16(17-19-20)15-10-8-14(9-11-15)13(3)5-2/h5,8-11H,2,4,6-7,12H2,1,3H3/b13-5-. The summed E-state index contributed by atoms with van der Waals surface area (Å²) >= 11 is 0. The molecule has 0 saturated carbocycles. The van der Waals surface area contributed by atoms with Crippen LogP contribution in [0.15, 0.2) is 30.3 Å². The summed E-state index contributed by atoms with van der Waals surface area (Å²) in [5, 5.41) is 12.6. The molecule has 0 N–H and O–H groups in total. The van der Waals surface area contributed by atoms with E-state index in [4.69, 9.17) is 0 Å². The summed E-state index contributed by atoms with van der Waals surface area (Å²) in [5.41, 5.74) is 3.32. The maximum atomic E-state index is 4.41. The van der Waals surface area contributed by atoms with Crippen LogP contribution >= 0.6 is 0 Å². The molecule has 1 aromatic carbocycles. The van der Waals surface area contributed by atoms with Crippen LogP contribution in [0, 0.1) is 6.92 Å². The molecule has 0 aliphatic heterocycles. The third-order valence-corrected chi connectivity index (χ3v) is 3.32. The molecule has 1 heterocycles. The van der Waals surface area contributed by atoms with Gasteiger partial charge in [-0.15, -0.1) is 10.2 Å². The largest absolute Gasteiger partial charge is 0.204 e. The monoisotopic (exact) mass is 269 g/mol. The molecular weight excluding hydrogens is 248 g/mol. The van der Waals surface area contributed by atoms with Gasteiger partial charge < -0.3 is 0 Å². The Hall–Kier alpha value is -1.97. The van der Waals surface area contributed by atoms with Crippen LogP contribution in [-0.4, -0.2) is 20.2 Å². The van der Waals surface area contributed by atoms with Gasteiger partial charge in [0, 0.05) is 5.56 Å². The molecule has 0 unspecified atom stereocenters. The molecule has 2 rings (SSSR count). The average Bonchev–Trinajstić information content (AvgIpc) is 2.96. The summed E-state index contributed by atoms with van der Waals surface area (Å²) in [4.78, 5) is 1.68. The van der Waals surface area contributed by atoms with E-state index in [1.165, 1.54) is 18.4 Å². The van der Waals surface area contributed by atoms with Gasteiger partial charge in [0.2, 0.25) is 5.82 Å². The minimum Gasteiger partial charge on any atom is -0.164 e. The van der Waals surface area contributed by atoms with E-state index in [1.54, 1.807) is 4.80 Å². The molecule has 105 valence electrons. The number of aromatic nitrogens is 4. The van der Waals surface area contributed by atoms with Crippen molar-refractivity contribution >= 4 is 5.57 Å². The molecule has 20 heavy (non-hydrogen) atoms. The van der Waals surface area contributed by atoms with Crippen LogP contribution in [0.5, 0.6) is 0 Å². The highest BCUT2D eigenvalue weighted by molar-refractivity contribution is 5.67. The van der Waals surface area contributed by atoms with Crippen LogP contribution in [0.1, 0.15) is 38.7 Å². The molecule has 0 amide bonds. The van der Waals surface area contributed by atoms with Crippen molar-refractivity contribution in [1.29, 1.82) is 0 Å². The summed E-state index contributed by atoms with van der Waals surface area (Å²) in [7, 11) is 0. The van der Waals surface area contributed by atoms with Gasteiger partial charge >= 0.3 is 0 Å². The van der Waals surface area contributed by atoms with Crippen LogP contribution in [0.2, 0.25) is 0 Å². The molecule has 0 spiro atoms. The van der Waals surface area contributed by atoms with Gasteiger partial charge in [-0.25, -0.2) is 0 Å². The van der Waals surface area contributed by atoms with Crippen LogP contribution in [0.3, 0.4) is 0 Å². The first-order valence-electron chi connectivity index (χ1n) is 7.09. The SMILES string of the molecule is [CH2]/C=C(/C)c1ccc(-c2nnn(CCCCC)n2)cc1. The molecule has 2 aromatic rings. The van der Waals surface area contributed by atoms with Gasteiger partial charge in [0.25, 0.3) is 0 Å². The van der Waals surface area contributed by atoms with E-state index >= 15 is 0 Å². The Kier molecular flexibility index (Phi) is 5.04. The fraction of sp³-hybridized carbons (Fsp3) is 0.375. The second kappa shape index (κ2) is 6.98. The Labute approximate surface area is 120 Å². The predicted octanol–water partition coefficient (Wildman–Crippen LogP) is 3.77. The number of rotatable bonds is 6. The number of benzene rings is 1. The van der Waals surface area contributed by atoms with Crippen molar-refractivity contribution in [2.45, 2.75) is 39.7 Å². The zero-order chi connectivity index (χ0) is 14.4. The van der Waals surface area contributed by atoms with E-state index in [0.29, 0.717) is 5.82 Å². The van der Waals surface area contributed by atoms with Crippen LogP contribution in [-0.2, 0) is 6.54 Å². The molecule has 1 aromatic heterocycles. The molecule has 0 fully saturated rings. The Bertz CT molecular complexity index is 566. The predicted molar refractivity (Wildman–Crippen MR) is 81.8 cm³/mol. The number of unbranched alkanes of at least 4 members (excludes halogenated alkanes) is 2. The molecule has 0 saturated heterocycles. The van der Waals surface area contributed by atoms with Crippen LogP contribution in [0.25, 0.3) is 17.0 Å². The second-order valence-corrected chi connectivity index (χ2v) is 4.88. The van der Waals surface area contributed by atoms with Gasteiger partial charge in [-0.3, -0.25) is 0 Å². The number of hydrogen-bond acceptors (Lipinski definition) is 3. The van der Waals surface area contributed by atoms with Gasteiger partial charge in [0.05, 0.1) is 6.54 Å². The summed E-state index contributed by atoms with van der Waals surface area (Å²) in [6.07, 6.45) is 5.35. The van der Waals surface area contributed by atoms with Crippen LogP contribution < -0.4 is 0 Å². The van der Waals surface area contributed by atoms with Gasteiger partial charge in [-0.2, -0.15) is 4.80 Å². The second-order valence-electron chi connectivity index (χ2n) is 4.88. The van der Waals surface area contributed by atoms with Crippen molar-refractivity contribution in [2.75, 3.05) is 0 Å².